The molecule has 12 heavy (non-hydrogen) atoms. The third-order valence-electron chi connectivity index (χ3n) is 1.52. The molecule has 1 rings (SSSR count). The number of aromatic nitrogens is 1. The maximum atomic E-state index is 11.2. The van der Waals surface area contributed by atoms with Crippen molar-refractivity contribution in [3.05, 3.63) is 12.3 Å². The second-order valence-electron chi connectivity index (χ2n) is 2.38. The molecule has 0 saturated carbocycles. The molecule has 1 unspecified atom stereocenters. The number of nitrogens with zero attached hydrogens (tertiary/aromatic N) is 1. The van der Waals surface area contributed by atoms with Gasteiger partial charge >= 0.3 is 0 Å². The van der Waals surface area contributed by atoms with E-state index in [4.69, 9.17) is 0 Å². The predicted octanol–water partition coefficient (Wildman–Crippen LogP) is 0.221. The van der Waals surface area contributed by atoms with Crippen molar-refractivity contribution in [2.75, 3.05) is 12.4 Å². The highest BCUT2D eigenvalue weighted by atomic mass is 16.5. The minimum absolute atomic E-state index is 0.133. The first-order valence-corrected chi connectivity index (χ1v) is 3.62. The van der Waals surface area contributed by atoms with Crippen LogP contribution in [-0.4, -0.2) is 24.2 Å². The molecule has 0 radical (unpaired) electrons. The summed E-state index contributed by atoms with van der Waals surface area (Å²) in [6.45, 7) is 1.76. The van der Waals surface area contributed by atoms with E-state index in [1.165, 1.54) is 6.26 Å². The number of anilines is 1. The fourth-order valence-electron chi connectivity index (χ4n) is 0.643. The van der Waals surface area contributed by atoms with Crippen LogP contribution in [0.4, 0.5) is 5.82 Å². The van der Waals surface area contributed by atoms with Crippen LogP contribution in [-0.2, 0) is 4.79 Å². The molecular formula is C7H11N3O2. The molecule has 0 aliphatic carbocycles. The summed E-state index contributed by atoms with van der Waals surface area (Å²) in [4.78, 5) is 11.2. The number of amides is 1. The number of hydrogen-bond donors (Lipinski definition) is 2. The molecule has 0 aliphatic heterocycles. The van der Waals surface area contributed by atoms with E-state index in [0.29, 0.717) is 5.82 Å². The first-order valence-electron chi connectivity index (χ1n) is 3.62. The lowest BCUT2D eigenvalue weighted by atomic mass is 10.3. The Hall–Kier alpha value is -1.36. The summed E-state index contributed by atoms with van der Waals surface area (Å²) in [6, 6.07) is 1.35. The highest BCUT2D eigenvalue weighted by molar-refractivity contribution is 5.93. The molecule has 0 bridgehead atoms. The minimum Gasteiger partial charge on any atom is -0.363 e. The van der Waals surface area contributed by atoms with Crippen LogP contribution in [0.15, 0.2) is 16.9 Å². The lowest BCUT2D eigenvalue weighted by Gasteiger charge is -2.07. The van der Waals surface area contributed by atoms with Gasteiger partial charge in [-0.25, -0.2) is 0 Å². The molecule has 1 heterocycles. The third-order valence-corrected chi connectivity index (χ3v) is 1.52. The molecule has 1 aromatic heterocycles. The first kappa shape index (κ1) is 8.73. The van der Waals surface area contributed by atoms with Crippen LogP contribution in [0.3, 0.4) is 0 Å². The zero-order chi connectivity index (χ0) is 8.97. The second-order valence-corrected chi connectivity index (χ2v) is 2.38. The number of nitrogens with one attached hydrogen (secondary N) is 2. The third kappa shape index (κ3) is 2.06. The highest BCUT2D eigenvalue weighted by Crippen LogP contribution is 2.01. The summed E-state index contributed by atoms with van der Waals surface area (Å²) < 4.78 is 4.54. The van der Waals surface area contributed by atoms with Crippen LogP contribution in [0.2, 0.25) is 0 Å². The van der Waals surface area contributed by atoms with Gasteiger partial charge in [0.25, 0.3) is 0 Å². The lowest BCUT2D eigenvalue weighted by molar-refractivity contribution is -0.117. The Labute approximate surface area is 70.1 Å². The van der Waals surface area contributed by atoms with Crippen LogP contribution >= 0.6 is 0 Å². The van der Waals surface area contributed by atoms with Crippen LogP contribution in [0.25, 0.3) is 0 Å². The lowest BCUT2D eigenvalue weighted by Crippen LogP contribution is -2.35. The molecule has 1 amide bonds. The van der Waals surface area contributed by atoms with Gasteiger partial charge in [0.15, 0.2) is 5.82 Å². The van der Waals surface area contributed by atoms with Crippen molar-refractivity contribution >= 4 is 11.7 Å². The molecule has 66 valence electrons. The smallest absolute Gasteiger partial charge is 0.242 e. The molecule has 0 fully saturated rings. The van der Waals surface area contributed by atoms with Crippen molar-refractivity contribution in [1.29, 1.82) is 0 Å². The van der Waals surface area contributed by atoms with Crippen molar-refractivity contribution in [3.63, 3.8) is 0 Å². The summed E-state index contributed by atoms with van der Waals surface area (Å²) in [5.74, 6) is 0.300. The Morgan fingerprint density at radius 2 is 2.50 bits per heavy atom. The molecule has 0 spiro atoms. The van der Waals surface area contributed by atoms with Gasteiger partial charge in [-0.1, -0.05) is 5.16 Å². The largest absolute Gasteiger partial charge is 0.363 e. The maximum absolute atomic E-state index is 11.2. The number of carbonyl (C=O) groups is 1. The van der Waals surface area contributed by atoms with Crippen molar-refractivity contribution in [2.24, 2.45) is 0 Å². The number of hydrogen-bond acceptors (Lipinski definition) is 4. The number of carbonyl (C=O) groups excluding carboxylic acids is 1. The van der Waals surface area contributed by atoms with E-state index in [9.17, 15) is 4.79 Å². The number of rotatable bonds is 3. The van der Waals surface area contributed by atoms with E-state index < -0.39 is 0 Å². The molecule has 5 nitrogen and oxygen atoms in total. The molecule has 0 aromatic carbocycles. The monoisotopic (exact) mass is 169 g/mol. The maximum Gasteiger partial charge on any atom is 0.242 e. The molecule has 1 aromatic rings. The van der Waals surface area contributed by atoms with Gasteiger partial charge in [0.2, 0.25) is 5.91 Å². The Bertz CT molecular complexity index is 245. The molecule has 0 aliphatic rings. The quantitative estimate of drug-likeness (QED) is 0.679. The average Bonchev–Trinajstić information content (AvgIpc) is 2.55. The standard InChI is InChI=1S/C7H11N3O2/c1-5(8-2)7(11)9-6-3-4-12-10-6/h3-5,8H,1-2H3,(H,9,10,11). The zero-order valence-corrected chi connectivity index (χ0v) is 7.00. The van der Waals surface area contributed by atoms with Crippen LogP contribution in [0, 0.1) is 0 Å². The van der Waals surface area contributed by atoms with E-state index in [1.807, 2.05) is 0 Å². The molecule has 0 saturated heterocycles. The van der Waals surface area contributed by atoms with E-state index in [2.05, 4.69) is 20.3 Å². The summed E-state index contributed by atoms with van der Waals surface area (Å²) >= 11 is 0. The van der Waals surface area contributed by atoms with Gasteiger partial charge in [0.1, 0.15) is 6.26 Å². The Morgan fingerprint density at radius 1 is 1.75 bits per heavy atom. The fourth-order valence-corrected chi connectivity index (χ4v) is 0.643. The normalized spacial score (nSPS) is 12.5. The molecular weight excluding hydrogens is 158 g/mol. The Morgan fingerprint density at radius 3 is 3.00 bits per heavy atom. The minimum atomic E-state index is -0.235. The van der Waals surface area contributed by atoms with Crippen molar-refractivity contribution < 1.29 is 9.32 Å². The van der Waals surface area contributed by atoms with E-state index in [-0.39, 0.29) is 11.9 Å². The van der Waals surface area contributed by atoms with Crippen LogP contribution < -0.4 is 10.6 Å². The summed E-state index contributed by atoms with van der Waals surface area (Å²) in [6.07, 6.45) is 1.40. The van der Waals surface area contributed by atoms with E-state index >= 15 is 0 Å². The van der Waals surface area contributed by atoms with Gasteiger partial charge in [0.05, 0.1) is 6.04 Å². The summed E-state index contributed by atoms with van der Waals surface area (Å²) in [7, 11) is 1.72. The highest BCUT2D eigenvalue weighted by Gasteiger charge is 2.10. The average molecular weight is 169 g/mol. The molecule has 2 N–H and O–H groups in total. The van der Waals surface area contributed by atoms with Gasteiger partial charge in [0, 0.05) is 6.07 Å². The topological polar surface area (TPSA) is 67.2 Å². The second kappa shape index (κ2) is 3.87. The van der Waals surface area contributed by atoms with Crippen LogP contribution in [0.5, 0.6) is 0 Å². The van der Waals surface area contributed by atoms with Gasteiger partial charge in [-0.2, -0.15) is 0 Å². The van der Waals surface area contributed by atoms with Gasteiger partial charge in [-0.15, -0.1) is 0 Å². The van der Waals surface area contributed by atoms with Crippen molar-refractivity contribution in [2.45, 2.75) is 13.0 Å². The predicted molar refractivity (Wildman–Crippen MR) is 43.7 cm³/mol. The summed E-state index contributed by atoms with van der Waals surface area (Å²) in [5.41, 5.74) is 0. The molecule has 5 heteroatoms. The summed E-state index contributed by atoms with van der Waals surface area (Å²) in [5, 5.41) is 8.91. The first-order chi connectivity index (χ1) is 5.74. The molecule has 1 atom stereocenters. The van der Waals surface area contributed by atoms with Gasteiger partial charge in [-0.05, 0) is 14.0 Å². The van der Waals surface area contributed by atoms with Gasteiger partial charge < -0.3 is 15.2 Å². The Kier molecular flexibility index (Phi) is 2.82. The number of likely N-dealkylation sites (N-methyl/N-ethyl adjacent to an activating group) is 1. The Balaban J connectivity index is 2.47. The zero-order valence-electron chi connectivity index (χ0n) is 7.00. The van der Waals surface area contributed by atoms with Crippen molar-refractivity contribution in [3.8, 4) is 0 Å². The van der Waals surface area contributed by atoms with E-state index in [1.54, 1.807) is 20.0 Å². The SMILES string of the molecule is CNC(C)C(=O)Nc1ccon1. The van der Waals surface area contributed by atoms with Gasteiger partial charge in [-0.3, -0.25) is 4.79 Å². The van der Waals surface area contributed by atoms with E-state index in [0.717, 1.165) is 0 Å². The van der Waals surface area contributed by atoms with Crippen LogP contribution in [0.1, 0.15) is 6.92 Å². The van der Waals surface area contributed by atoms with Crippen molar-refractivity contribution in [1.82, 2.24) is 10.5 Å². The fraction of sp³-hybridized carbons (Fsp3) is 0.429.